The third-order valence-corrected chi connectivity index (χ3v) is 4.04. The number of carbonyl (C=O) groups is 1. The first-order valence-electron chi connectivity index (χ1n) is 8.72. The first kappa shape index (κ1) is 18.2. The molecule has 0 spiro atoms. The van der Waals surface area contributed by atoms with Crippen molar-refractivity contribution in [2.75, 3.05) is 13.2 Å². The van der Waals surface area contributed by atoms with Gasteiger partial charge in [0.2, 0.25) is 0 Å². The second-order valence-corrected chi connectivity index (χ2v) is 5.87. The van der Waals surface area contributed by atoms with Crippen molar-refractivity contribution in [2.45, 2.75) is 39.0 Å². The van der Waals surface area contributed by atoms with E-state index in [4.69, 9.17) is 9.84 Å². The van der Waals surface area contributed by atoms with Crippen molar-refractivity contribution in [1.82, 2.24) is 0 Å². The van der Waals surface area contributed by atoms with Gasteiger partial charge in [-0.15, -0.1) is 0 Å². The van der Waals surface area contributed by atoms with E-state index in [2.05, 4.69) is 6.92 Å². The fraction of sp³-hybridized carbons (Fsp3) is 0.381. The second-order valence-electron chi connectivity index (χ2n) is 5.87. The van der Waals surface area contributed by atoms with Crippen LogP contribution in [0.2, 0.25) is 0 Å². The Kier molecular flexibility index (Phi) is 7.50. The number of carbonyl (C=O) groups excluding carboxylic acids is 1. The fourth-order valence-corrected chi connectivity index (χ4v) is 2.59. The van der Waals surface area contributed by atoms with Crippen LogP contribution in [0.3, 0.4) is 0 Å². The highest BCUT2D eigenvalue weighted by atomic mass is 16.5. The van der Waals surface area contributed by atoms with Crippen molar-refractivity contribution in [3.8, 4) is 5.75 Å². The molecule has 0 aliphatic heterocycles. The van der Waals surface area contributed by atoms with Gasteiger partial charge in [0, 0.05) is 12.2 Å². The second kappa shape index (κ2) is 9.89. The highest BCUT2D eigenvalue weighted by Crippen LogP contribution is 2.24. The Bertz CT molecular complexity index is 635. The monoisotopic (exact) mass is 326 g/mol. The van der Waals surface area contributed by atoms with E-state index in [1.54, 1.807) is 0 Å². The summed E-state index contributed by atoms with van der Waals surface area (Å²) >= 11 is 0. The van der Waals surface area contributed by atoms with Gasteiger partial charge in [0.1, 0.15) is 5.75 Å². The Balaban J connectivity index is 2.09. The van der Waals surface area contributed by atoms with Crippen molar-refractivity contribution in [2.24, 2.45) is 0 Å². The molecule has 3 heteroatoms. The molecular weight excluding hydrogens is 300 g/mol. The van der Waals surface area contributed by atoms with Crippen molar-refractivity contribution in [1.29, 1.82) is 0 Å². The van der Waals surface area contributed by atoms with E-state index in [0.29, 0.717) is 23.5 Å². The van der Waals surface area contributed by atoms with Gasteiger partial charge in [-0.05, 0) is 43.4 Å². The lowest BCUT2D eigenvalue weighted by atomic mass is 9.99. The molecule has 2 aromatic carbocycles. The molecule has 0 bridgehead atoms. The lowest BCUT2D eigenvalue weighted by molar-refractivity contribution is 0.103. The van der Waals surface area contributed by atoms with Gasteiger partial charge in [0.05, 0.1) is 12.2 Å². The first-order valence-corrected chi connectivity index (χ1v) is 8.72. The maximum absolute atomic E-state index is 12.8. The van der Waals surface area contributed by atoms with E-state index in [9.17, 15) is 4.79 Å². The highest BCUT2D eigenvalue weighted by molar-refractivity contribution is 6.10. The Labute approximate surface area is 144 Å². The smallest absolute Gasteiger partial charge is 0.196 e. The van der Waals surface area contributed by atoms with Gasteiger partial charge in [-0.25, -0.2) is 0 Å². The van der Waals surface area contributed by atoms with E-state index in [1.807, 2.05) is 48.5 Å². The predicted octanol–water partition coefficient (Wildman–Crippen LogP) is 4.41. The molecule has 0 aliphatic rings. The van der Waals surface area contributed by atoms with Gasteiger partial charge in [-0.3, -0.25) is 4.79 Å². The van der Waals surface area contributed by atoms with Crippen LogP contribution in [-0.4, -0.2) is 24.1 Å². The first-order chi connectivity index (χ1) is 11.8. The zero-order valence-electron chi connectivity index (χ0n) is 14.3. The van der Waals surface area contributed by atoms with E-state index < -0.39 is 0 Å². The van der Waals surface area contributed by atoms with Gasteiger partial charge in [0.15, 0.2) is 5.78 Å². The Morgan fingerprint density at radius 3 is 2.46 bits per heavy atom. The molecule has 0 amide bonds. The maximum Gasteiger partial charge on any atom is 0.196 e. The molecule has 2 aromatic rings. The molecule has 1 N–H and O–H groups in total. The largest absolute Gasteiger partial charge is 0.493 e. The normalized spacial score (nSPS) is 10.6. The molecule has 0 saturated heterocycles. The Hall–Kier alpha value is -2.13. The van der Waals surface area contributed by atoms with Gasteiger partial charge < -0.3 is 9.84 Å². The SMILES string of the molecule is CCc1ccc(OCCCCCCO)c(C(=O)c2ccccc2)c1. The average Bonchev–Trinajstić information content (AvgIpc) is 2.64. The lowest BCUT2D eigenvalue weighted by Crippen LogP contribution is -2.07. The van der Waals surface area contributed by atoms with Crippen LogP contribution in [0.25, 0.3) is 0 Å². The number of unbranched alkanes of at least 4 members (excludes halogenated alkanes) is 3. The lowest BCUT2D eigenvalue weighted by Gasteiger charge is -2.12. The predicted molar refractivity (Wildman–Crippen MR) is 96.7 cm³/mol. The molecule has 24 heavy (non-hydrogen) atoms. The molecule has 0 saturated carbocycles. The highest BCUT2D eigenvalue weighted by Gasteiger charge is 2.15. The van der Waals surface area contributed by atoms with Crippen LogP contribution in [0.15, 0.2) is 48.5 Å². The fourth-order valence-electron chi connectivity index (χ4n) is 2.59. The molecule has 2 rings (SSSR count). The number of aliphatic hydroxyl groups is 1. The zero-order valence-corrected chi connectivity index (χ0v) is 14.3. The van der Waals surface area contributed by atoms with Gasteiger partial charge in [-0.1, -0.05) is 49.7 Å². The topological polar surface area (TPSA) is 46.5 Å². The summed E-state index contributed by atoms with van der Waals surface area (Å²) in [6.45, 7) is 2.91. The van der Waals surface area contributed by atoms with Gasteiger partial charge >= 0.3 is 0 Å². The summed E-state index contributed by atoms with van der Waals surface area (Å²) < 4.78 is 5.88. The number of hydrogen-bond acceptors (Lipinski definition) is 3. The number of ketones is 1. The van der Waals surface area contributed by atoms with Crippen LogP contribution in [-0.2, 0) is 6.42 Å². The van der Waals surface area contributed by atoms with Crippen LogP contribution in [0.4, 0.5) is 0 Å². The summed E-state index contributed by atoms with van der Waals surface area (Å²) in [6, 6.07) is 15.2. The molecule has 3 nitrogen and oxygen atoms in total. The van der Waals surface area contributed by atoms with Crippen LogP contribution in [0, 0.1) is 0 Å². The zero-order chi connectivity index (χ0) is 17.2. The van der Waals surface area contributed by atoms with Crippen molar-refractivity contribution in [3.05, 3.63) is 65.2 Å². The van der Waals surface area contributed by atoms with E-state index in [1.165, 1.54) is 0 Å². The molecule has 128 valence electrons. The molecular formula is C21H26O3. The number of rotatable bonds is 10. The summed E-state index contributed by atoms with van der Waals surface area (Å²) in [4.78, 5) is 12.8. The molecule has 0 heterocycles. The summed E-state index contributed by atoms with van der Waals surface area (Å²) in [5.74, 6) is 0.657. The quantitative estimate of drug-likeness (QED) is 0.519. The molecule has 0 aromatic heterocycles. The number of ether oxygens (including phenoxy) is 1. The Morgan fingerprint density at radius 2 is 1.75 bits per heavy atom. The summed E-state index contributed by atoms with van der Waals surface area (Å²) in [5.41, 5.74) is 2.44. The Morgan fingerprint density at radius 1 is 1.00 bits per heavy atom. The molecule has 0 fully saturated rings. The third-order valence-electron chi connectivity index (χ3n) is 4.04. The van der Waals surface area contributed by atoms with Crippen LogP contribution in [0.1, 0.15) is 54.1 Å². The van der Waals surface area contributed by atoms with E-state index >= 15 is 0 Å². The third kappa shape index (κ3) is 5.20. The number of hydrogen-bond donors (Lipinski definition) is 1. The molecule has 0 radical (unpaired) electrons. The van der Waals surface area contributed by atoms with Gasteiger partial charge in [0.25, 0.3) is 0 Å². The van der Waals surface area contributed by atoms with Crippen molar-refractivity contribution < 1.29 is 14.6 Å². The minimum absolute atomic E-state index is 0.00109. The number of aliphatic hydroxyl groups excluding tert-OH is 1. The standard InChI is InChI=1S/C21H26O3/c1-2-17-12-13-20(24-15-9-4-3-8-14-22)19(16-17)21(23)18-10-6-5-7-11-18/h5-7,10-13,16,22H,2-4,8-9,14-15H2,1H3. The van der Waals surface area contributed by atoms with Crippen molar-refractivity contribution in [3.63, 3.8) is 0 Å². The van der Waals surface area contributed by atoms with Crippen LogP contribution < -0.4 is 4.74 Å². The molecule has 0 unspecified atom stereocenters. The molecule has 0 aliphatic carbocycles. The van der Waals surface area contributed by atoms with E-state index in [-0.39, 0.29) is 12.4 Å². The summed E-state index contributed by atoms with van der Waals surface area (Å²) in [6.07, 6.45) is 4.67. The van der Waals surface area contributed by atoms with Gasteiger partial charge in [-0.2, -0.15) is 0 Å². The summed E-state index contributed by atoms with van der Waals surface area (Å²) in [5, 5.41) is 8.79. The molecule has 0 atom stereocenters. The minimum Gasteiger partial charge on any atom is -0.493 e. The van der Waals surface area contributed by atoms with Crippen molar-refractivity contribution >= 4 is 5.78 Å². The maximum atomic E-state index is 12.8. The average molecular weight is 326 g/mol. The minimum atomic E-state index is 0.00109. The number of aryl methyl sites for hydroxylation is 1. The van der Waals surface area contributed by atoms with E-state index in [0.717, 1.165) is 37.7 Å². The summed E-state index contributed by atoms with van der Waals surface area (Å²) in [7, 11) is 0. The number of benzene rings is 2. The van der Waals surface area contributed by atoms with Crippen LogP contribution in [0.5, 0.6) is 5.75 Å². The van der Waals surface area contributed by atoms with Crippen LogP contribution >= 0.6 is 0 Å².